The lowest BCUT2D eigenvalue weighted by atomic mass is 9.96. The van der Waals surface area contributed by atoms with Crippen LogP contribution in [0.4, 0.5) is 0 Å². The third-order valence-corrected chi connectivity index (χ3v) is 8.79. The summed E-state index contributed by atoms with van der Waals surface area (Å²) in [4.78, 5) is 20.1. The minimum Gasteiger partial charge on any atom is -0.497 e. The topological polar surface area (TPSA) is 125 Å². The van der Waals surface area contributed by atoms with Crippen molar-refractivity contribution >= 4 is 27.7 Å². The molecule has 0 spiro atoms. The lowest BCUT2D eigenvalue weighted by Gasteiger charge is -2.25. The number of aromatic amines is 2. The van der Waals surface area contributed by atoms with Gasteiger partial charge in [-0.1, -0.05) is 48.5 Å². The number of amides is 1. The number of aromatic nitrogens is 5. The normalized spacial score (nSPS) is 15.8. The first-order valence-electron chi connectivity index (χ1n) is 15.6. The second-order valence-corrected chi connectivity index (χ2v) is 11.6. The van der Waals surface area contributed by atoms with E-state index >= 15 is 0 Å². The van der Waals surface area contributed by atoms with E-state index in [2.05, 4.69) is 79.1 Å². The molecule has 1 saturated heterocycles. The van der Waals surface area contributed by atoms with E-state index < -0.39 is 0 Å². The van der Waals surface area contributed by atoms with Crippen molar-refractivity contribution in [2.24, 2.45) is 0 Å². The van der Waals surface area contributed by atoms with Gasteiger partial charge in [0, 0.05) is 66.8 Å². The van der Waals surface area contributed by atoms with Gasteiger partial charge in [0.25, 0.3) is 0 Å². The lowest BCUT2D eigenvalue weighted by molar-refractivity contribution is -0.123. The van der Waals surface area contributed by atoms with Crippen molar-refractivity contribution in [2.45, 2.75) is 31.3 Å². The van der Waals surface area contributed by atoms with Crippen LogP contribution in [0.15, 0.2) is 85.2 Å². The number of ether oxygens (including phenoxy) is 1. The Balaban J connectivity index is 1.25. The zero-order valence-electron chi connectivity index (χ0n) is 25.3. The number of piperazine rings is 1. The van der Waals surface area contributed by atoms with E-state index in [9.17, 15) is 4.79 Å². The fourth-order valence-electron chi connectivity index (χ4n) is 6.35. The predicted octanol–water partition coefficient (Wildman–Crippen LogP) is 3.89. The Bertz CT molecular complexity index is 1900. The van der Waals surface area contributed by atoms with Gasteiger partial charge >= 0.3 is 0 Å². The molecular formula is C35H38N8O2. The second-order valence-electron chi connectivity index (χ2n) is 11.6. The van der Waals surface area contributed by atoms with Crippen LogP contribution in [0.2, 0.25) is 0 Å². The number of benzene rings is 3. The highest BCUT2D eigenvalue weighted by Crippen LogP contribution is 2.31. The zero-order chi connectivity index (χ0) is 30.6. The fraction of sp³-hybridized carbons (Fsp3) is 0.286. The number of H-pyrrole nitrogens is 2. The van der Waals surface area contributed by atoms with Crippen LogP contribution in [-0.2, 0) is 24.2 Å². The highest BCUT2D eigenvalue weighted by atomic mass is 16.5. The van der Waals surface area contributed by atoms with Gasteiger partial charge in [-0.15, -0.1) is 10.2 Å². The summed E-state index contributed by atoms with van der Waals surface area (Å²) in [6, 6.07) is 24.5. The third-order valence-electron chi connectivity index (χ3n) is 8.79. The summed E-state index contributed by atoms with van der Waals surface area (Å²) in [6.45, 7) is 3.21. The average Bonchev–Trinajstić information content (AvgIpc) is 3.82. The minimum atomic E-state index is -0.272. The number of carbonyl (C=O) groups is 1. The molecule has 2 atom stereocenters. The lowest BCUT2D eigenvalue weighted by Crippen LogP contribution is -2.56. The Morgan fingerprint density at radius 1 is 0.933 bits per heavy atom. The number of aryl methyl sites for hydroxylation is 2. The zero-order valence-corrected chi connectivity index (χ0v) is 25.3. The molecule has 1 aliphatic rings. The van der Waals surface area contributed by atoms with Gasteiger partial charge in [0.15, 0.2) is 0 Å². The molecule has 0 radical (unpaired) electrons. The van der Waals surface area contributed by atoms with Crippen LogP contribution in [0.5, 0.6) is 5.75 Å². The second kappa shape index (κ2) is 13.0. The SMILES string of the molecule is COc1ccc(Cn2c(CCc3c[nH]c4ccccc34)nnc2C(CNC(=O)[C@H]2CNCCN2)c2c[nH]c3ccccc23)cc1. The average molecular weight is 603 g/mol. The van der Waals surface area contributed by atoms with Gasteiger partial charge in [-0.05, 0) is 47.4 Å². The molecule has 4 heterocycles. The molecule has 5 N–H and O–H groups in total. The van der Waals surface area contributed by atoms with E-state index in [0.717, 1.165) is 70.9 Å². The maximum atomic E-state index is 13.3. The molecule has 3 aromatic heterocycles. The number of carbonyl (C=O) groups excluding carboxylic acids is 1. The van der Waals surface area contributed by atoms with E-state index in [1.165, 1.54) is 10.9 Å². The van der Waals surface area contributed by atoms with E-state index in [0.29, 0.717) is 19.6 Å². The van der Waals surface area contributed by atoms with Gasteiger partial charge in [0.2, 0.25) is 5.91 Å². The Morgan fingerprint density at radius 2 is 1.69 bits per heavy atom. The Hall–Kier alpha value is -4.93. The summed E-state index contributed by atoms with van der Waals surface area (Å²) in [5.74, 6) is 2.29. The number of nitrogens with one attached hydrogen (secondary N) is 5. The molecule has 0 aliphatic carbocycles. The maximum Gasteiger partial charge on any atom is 0.238 e. The first-order chi connectivity index (χ1) is 22.2. The smallest absolute Gasteiger partial charge is 0.238 e. The van der Waals surface area contributed by atoms with Crippen molar-refractivity contribution < 1.29 is 9.53 Å². The van der Waals surface area contributed by atoms with Crippen LogP contribution in [0, 0.1) is 0 Å². The van der Waals surface area contributed by atoms with E-state index in [1.54, 1.807) is 7.11 Å². The summed E-state index contributed by atoms with van der Waals surface area (Å²) in [5, 5.41) is 21.8. The van der Waals surface area contributed by atoms with Crippen LogP contribution >= 0.6 is 0 Å². The molecule has 10 nitrogen and oxygen atoms in total. The minimum absolute atomic E-state index is 0.0205. The van der Waals surface area contributed by atoms with E-state index in [-0.39, 0.29) is 17.9 Å². The fourth-order valence-corrected chi connectivity index (χ4v) is 6.35. The molecule has 1 aliphatic heterocycles. The van der Waals surface area contributed by atoms with Crippen molar-refractivity contribution in [2.75, 3.05) is 33.3 Å². The molecule has 0 saturated carbocycles. The molecule has 10 heteroatoms. The van der Waals surface area contributed by atoms with Crippen LogP contribution in [0.3, 0.4) is 0 Å². The number of para-hydroxylation sites is 2. The molecule has 1 unspecified atom stereocenters. The number of hydrogen-bond acceptors (Lipinski definition) is 6. The van der Waals surface area contributed by atoms with Crippen LogP contribution < -0.4 is 20.7 Å². The molecule has 0 bridgehead atoms. The maximum absolute atomic E-state index is 13.3. The summed E-state index contributed by atoms with van der Waals surface area (Å²) in [5.41, 5.74) is 5.62. The van der Waals surface area contributed by atoms with Gasteiger partial charge < -0.3 is 35.2 Å². The van der Waals surface area contributed by atoms with Gasteiger partial charge in [-0.3, -0.25) is 4.79 Å². The van der Waals surface area contributed by atoms with Crippen molar-refractivity contribution in [3.05, 3.63) is 114 Å². The number of rotatable bonds is 11. The molecule has 1 fully saturated rings. The predicted molar refractivity (Wildman–Crippen MR) is 176 cm³/mol. The molecular weight excluding hydrogens is 564 g/mol. The van der Waals surface area contributed by atoms with Crippen molar-refractivity contribution in [1.82, 2.24) is 40.7 Å². The van der Waals surface area contributed by atoms with Crippen LogP contribution in [0.1, 0.15) is 34.3 Å². The first-order valence-corrected chi connectivity index (χ1v) is 15.6. The number of hydrogen-bond donors (Lipinski definition) is 5. The number of nitrogens with zero attached hydrogens (tertiary/aromatic N) is 3. The van der Waals surface area contributed by atoms with Gasteiger partial charge in [-0.25, -0.2) is 0 Å². The van der Waals surface area contributed by atoms with Crippen LogP contribution in [-0.4, -0.2) is 70.0 Å². The largest absolute Gasteiger partial charge is 0.497 e. The standard InChI is InChI=1S/C35H38N8O2/c1-45-25-13-10-23(11-14-25)22-43-33(15-12-24-18-38-30-8-4-2-6-26(24)30)41-42-34(43)29(20-40-35(44)32-21-36-16-17-37-32)28-19-39-31-9-5-3-7-27(28)31/h2-11,13-14,18-19,29,32,36-39H,12,15-17,20-22H2,1H3,(H,40,44)/t29?,32-/m1/s1. The highest BCUT2D eigenvalue weighted by Gasteiger charge is 2.28. The third kappa shape index (κ3) is 6.07. The first kappa shape index (κ1) is 28.8. The van der Waals surface area contributed by atoms with Gasteiger partial charge in [0.1, 0.15) is 17.4 Å². The van der Waals surface area contributed by atoms with Crippen molar-refractivity contribution in [3.63, 3.8) is 0 Å². The number of methoxy groups -OCH3 is 1. The van der Waals surface area contributed by atoms with Crippen molar-refractivity contribution in [3.8, 4) is 5.75 Å². The molecule has 7 rings (SSSR count). The van der Waals surface area contributed by atoms with Gasteiger partial charge in [-0.2, -0.15) is 0 Å². The Kier molecular flexibility index (Phi) is 8.31. The number of fused-ring (bicyclic) bond motifs is 2. The van der Waals surface area contributed by atoms with Crippen molar-refractivity contribution in [1.29, 1.82) is 0 Å². The van der Waals surface area contributed by atoms with E-state index in [1.807, 2.05) is 36.5 Å². The molecule has 1 amide bonds. The summed E-state index contributed by atoms with van der Waals surface area (Å²) in [7, 11) is 1.68. The summed E-state index contributed by atoms with van der Waals surface area (Å²) >= 11 is 0. The Morgan fingerprint density at radius 3 is 2.47 bits per heavy atom. The molecule has 6 aromatic rings. The van der Waals surface area contributed by atoms with Gasteiger partial charge in [0.05, 0.1) is 25.6 Å². The van der Waals surface area contributed by atoms with E-state index in [4.69, 9.17) is 14.9 Å². The summed E-state index contributed by atoms with van der Waals surface area (Å²) < 4.78 is 7.64. The molecule has 230 valence electrons. The summed E-state index contributed by atoms with van der Waals surface area (Å²) in [6.07, 6.45) is 5.67. The van der Waals surface area contributed by atoms with Crippen LogP contribution in [0.25, 0.3) is 21.8 Å². The molecule has 3 aromatic carbocycles. The monoisotopic (exact) mass is 602 g/mol. The molecule has 45 heavy (non-hydrogen) atoms. The Labute approximate surface area is 261 Å². The quantitative estimate of drug-likeness (QED) is 0.153. The highest BCUT2D eigenvalue weighted by molar-refractivity contribution is 5.85.